The number of carbonyl (C=O) groups is 1. The van der Waals surface area contributed by atoms with Crippen molar-refractivity contribution >= 4 is 11.7 Å². The molecule has 0 unspecified atom stereocenters. The van der Waals surface area contributed by atoms with Gasteiger partial charge in [0, 0.05) is 18.3 Å². The van der Waals surface area contributed by atoms with Gasteiger partial charge in [-0.3, -0.25) is 0 Å². The van der Waals surface area contributed by atoms with Gasteiger partial charge in [-0.1, -0.05) is 18.2 Å². The molecule has 94 valence electrons. The number of nitriles is 1. The zero-order chi connectivity index (χ0) is 13.2. The fourth-order valence-corrected chi connectivity index (χ4v) is 1.35. The van der Waals surface area contributed by atoms with Crippen molar-refractivity contribution in [2.24, 2.45) is 0 Å². The van der Waals surface area contributed by atoms with Crippen LogP contribution in [0.3, 0.4) is 0 Å². The van der Waals surface area contributed by atoms with Crippen LogP contribution < -0.4 is 5.32 Å². The lowest BCUT2D eigenvalue weighted by molar-refractivity contribution is -0.137. The number of carbonyl (C=O) groups excluding carboxylic acids is 1. The van der Waals surface area contributed by atoms with Crippen LogP contribution in [-0.2, 0) is 16.0 Å². The highest BCUT2D eigenvalue weighted by Crippen LogP contribution is 2.09. The molecule has 0 fully saturated rings. The van der Waals surface area contributed by atoms with E-state index in [1.807, 2.05) is 24.3 Å². The number of nitrogens with one attached hydrogen (secondary N) is 1. The molecule has 0 atom stereocenters. The van der Waals surface area contributed by atoms with Gasteiger partial charge in [-0.15, -0.1) is 0 Å². The van der Waals surface area contributed by atoms with Crippen LogP contribution in [0.15, 0.2) is 36.4 Å². The second-order valence-electron chi connectivity index (χ2n) is 3.57. The van der Waals surface area contributed by atoms with Crippen LogP contribution in [0, 0.1) is 11.3 Å². The molecule has 4 heteroatoms. The normalized spacial score (nSPS) is 10.0. The smallest absolute Gasteiger partial charge is 0.330 e. The van der Waals surface area contributed by atoms with E-state index >= 15 is 0 Å². The van der Waals surface area contributed by atoms with E-state index in [0.29, 0.717) is 19.6 Å². The van der Waals surface area contributed by atoms with Gasteiger partial charge in [0.05, 0.1) is 19.1 Å². The molecule has 0 aliphatic carbocycles. The predicted octanol–water partition coefficient (Wildman–Crippen LogP) is 2.28. The van der Waals surface area contributed by atoms with E-state index in [1.165, 1.54) is 6.08 Å². The van der Waals surface area contributed by atoms with Gasteiger partial charge >= 0.3 is 5.97 Å². The zero-order valence-corrected chi connectivity index (χ0v) is 10.3. The van der Waals surface area contributed by atoms with Crippen LogP contribution in [0.5, 0.6) is 0 Å². The topological polar surface area (TPSA) is 62.1 Å². The molecular weight excluding hydrogens is 228 g/mol. The summed E-state index contributed by atoms with van der Waals surface area (Å²) in [6, 6.07) is 9.72. The van der Waals surface area contributed by atoms with Gasteiger partial charge in [0.15, 0.2) is 0 Å². The number of esters is 1. The molecule has 0 amide bonds. The maximum Gasteiger partial charge on any atom is 0.330 e. The average Bonchev–Trinajstić information content (AvgIpc) is 2.37. The van der Waals surface area contributed by atoms with Crippen molar-refractivity contribution in [1.29, 1.82) is 5.26 Å². The second-order valence-corrected chi connectivity index (χ2v) is 3.57. The average molecular weight is 244 g/mol. The monoisotopic (exact) mass is 244 g/mol. The van der Waals surface area contributed by atoms with Crippen molar-refractivity contribution in [2.45, 2.75) is 13.3 Å². The van der Waals surface area contributed by atoms with Gasteiger partial charge in [0.2, 0.25) is 0 Å². The molecule has 18 heavy (non-hydrogen) atoms. The fourth-order valence-electron chi connectivity index (χ4n) is 1.35. The van der Waals surface area contributed by atoms with E-state index in [4.69, 9.17) is 10.00 Å². The van der Waals surface area contributed by atoms with Crippen molar-refractivity contribution in [3.63, 3.8) is 0 Å². The standard InChI is InChI=1S/C14H16N2O2/c1-2-18-14(17)4-3-11-16-13-7-5-12(6-8-13)9-10-15/h3-8,16H,2,9,11H2,1H3/b4-3+. The Bertz CT molecular complexity index is 444. The molecule has 0 aliphatic rings. The van der Waals surface area contributed by atoms with Gasteiger partial charge in [-0.25, -0.2) is 4.79 Å². The lowest BCUT2D eigenvalue weighted by Crippen LogP contribution is -2.02. The van der Waals surface area contributed by atoms with Crippen LogP contribution in [0.1, 0.15) is 12.5 Å². The minimum atomic E-state index is -0.330. The maximum atomic E-state index is 11.0. The van der Waals surface area contributed by atoms with Crippen LogP contribution in [-0.4, -0.2) is 19.1 Å². The summed E-state index contributed by atoms with van der Waals surface area (Å²) in [5.74, 6) is -0.330. The number of ether oxygens (including phenoxy) is 1. The Morgan fingerprint density at radius 2 is 2.17 bits per heavy atom. The minimum Gasteiger partial charge on any atom is -0.463 e. The SMILES string of the molecule is CCOC(=O)/C=C/CNc1ccc(CC#N)cc1. The number of hydrogen-bond donors (Lipinski definition) is 1. The van der Waals surface area contributed by atoms with Gasteiger partial charge in [-0.2, -0.15) is 5.26 Å². The van der Waals surface area contributed by atoms with Crippen LogP contribution in [0.4, 0.5) is 5.69 Å². The third-order valence-corrected chi connectivity index (χ3v) is 2.20. The molecule has 0 heterocycles. The van der Waals surface area contributed by atoms with E-state index in [0.717, 1.165) is 11.3 Å². The Morgan fingerprint density at radius 1 is 1.44 bits per heavy atom. The summed E-state index contributed by atoms with van der Waals surface area (Å²) in [7, 11) is 0. The molecule has 1 aromatic carbocycles. The summed E-state index contributed by atoms with van der Waals surface area (Å²) >= 11 is 0. The van der Waals surface area contributed by atoms with Crippen LogP contribution >= 0.6 is 0 Å². The van der Waals surface area contributed by atoms with Gasteiger partial charge in [0.25, 0.3) is 0 Å². The summed E-state index contributed by atoms with van der Waals surface area (Å²) in [5, 5.41) is 11.7. The Hall–Kier alpha value is -2.28. The van der Waals surface area contributed by atoms with E-state index in [-0.39, 0.29) is 5.97 Å². The highest BCUT2D eigenvalue weighted by Gasteiger charge is 1.94. The molecule has 4 nitrogen and oxygen atoms in total. The molecule has 1 rings (SSSR count). The van der Waals surface area contributed by atoms with E-state index in [9.17, 15) is 4.79 Å². The maximum absolute atomic E-state index is 11.0. The lowest BCUT2D eigenvalue weighted by Gasteiger charge is -2.03. The Kier molecular flexibility index (Phi) is 6.05. The third-order valence-electron chi connectivity index (χ3n) is 2.20. The minimum absolute atomic E-state index is 0.330. The highest BCUT2D eigenvalue weighted by atomic mass is 16.5. The number of hydrogen-bond acceptors (Lipinski definition) is 4. The Labute approximate surface area is 107 Å². The number of nitrogens with zero attached hydrogens (tertiary/aromatic N) is 1. The lowest BCUT2D eigenvalue weighted by atomic mass is 10.1. The molecule has 1 aromatic rings. The first kappa shape index (κ1) is 13.8. The molecule has 1 N–H and O–H groups in total. The van der Waals surface area contributed by atoms with Crippen LogP contribution in [0.2, 0.25) is 0 Å². The zero-order valence-electron chi connectivity index (χ0n) is 10.3. The number of rotatable bonds is 6. The van der Waals surface area contributed by atoms with Crippen LogP contribution in [0.25, 0.3) is 0 Å². The largest absolute Gasteiger partial charge is 0.463 e. The molecule has 0 radical (unpaired) electrons. The van der Waals surface area contributed by atoms with Crippen molar-refractivity contribution in [3.05, 3.63) is 42.0 Å². The molecular formula is C14H16N2O2. The van der Waals surface area contributed by atoms with E-state index in [2.05, 4.69) is 11.4 Å². The molecule has 0 spiro atoms. The van der Waals surface area contributed by atoms with E-state index in [1.54, 1.807) is 13.0 Å². The molecule has 0 aromatic heterocycles. The second kappa shape index (κ2) is 7.91. The summed E-state index contributed by atoms with van der Waals surface area (Å²) in [5.41, 5.74) is 1.94. The number of anilines is 1. The van der Waals surface area contributed by atoms with Gasteiger partial charge in [-0.05, 0) is 24.6 Å². The fraction of sp³-hybridized carbons (Fsp3) is 0.286. The van der Waals surface area contributed by atoms with Crippen molar-refractivity contribution in [2.75, 3.05) is 18.5 Å². The summed E-state index contributed by atoms with van der Waals surface area (Å²) in [4.78, 5) is 11.0. The molecule has 0 saturated heterocycles. The first-order chi connectivity index (χ1) is 8.76. The summed E-state index contributed by atoms with van der Waals surface area (Å²) < 4.78 is 4.75. The van der Waals surface area contributed by atoms with Crippen molar-refractivity contribution < 1.29 is 9.53 Å². The first-order valence-corrected chi connectivity index (χ1v) is 5.79. The number of benzene rings is 1. The summed E-state index contributed by atoms with van der Waals surface area (Å²) in [6.45, 7) is 2.71. The van der Waals surface area contributed by atoms with Gasteiger partial charge < -0.3 is 10.1 Å². The molecule has 0 bridgehead atoms. The van der Waals surface area contributed by atoms with Gasteiger partial charge in [0.1, 0.15) is 0 Å². The summed E-state index contributed by atoms with van der Waals surface area (Å²) in [6.07, 6.45) is 3.53. The van der Waals surface area contributed by atoms with E-state index < -0.39 is 0 Å². The first-order valence-electron chi connectivity index (χ1n) is 5.79. The highest BCUT2D eigenvalue weighted by molar-refractivity contribution is 5.81. The molecule has 0 aliphatic heterocycles. The Morgan fingerprint density at radius 3 is 2.78 bits per heavy atom. The quantitative estimate of drug-likeness (QED) is 0.616. The molecule has 0 saturated carbocycles. The van der Waals surface area contributed by atoms with Crippen molar-refractivity contribution in [3.8, 4) is 6.07 Å². The predicted molar refractivity (Wildman–Crippen MR) is 70.0 cm³/mol. The van der Waals surface area contributed by atoms with Crippen molar-refractivity contribution in [1.82, 2.24) is 0 Å². The Balaban J connectivity index is 2.35. The third kappa shape index (κ3) is 5.17.